The fourth-order valence-corrected chi connectivity index (χ4v) is 2.99. The van der Waals surface area contributed by atoms with Crippen LogP contribution in [0.5, 0.6) is 0 Å². The predicted octanol–water partition coefficient (Wildman–Crippen LogP) is 1.89. The molecule has 4 heteroatoms. The van der Waals surface area contributed by atoms with E-state index in [0.29, 0.717) is 12.1 Å². The molecule has 90 valence electrons. The fraction of sp³-hybridized carbons (Fsp3) is 0.750. The average Bonchev–Trinajstić information content (AvgIpc) is 2.71. The Balaban J connectivity index is 1.97. The van der Waals surface area contributed by atoms with Crippen LogP contribution in [0.4, 0.5) is 0 Å². The van der Waals surface area contributed by atoms with Gasteiger partial charge in [-0.05, 0) is 20.3 Å². The largest absolute Gasteiger partial charge is 0.311 e. The van der Waals surface area contributed by atoms with E-state index < -0.39 is 0 Å². The number of nitrogens with one attached hydrogen (secondary N) is 1. The molecule has 0 bridgehead atoms. The van der Waals surface area contributed by atoms with E-state index >= 15 is 0 Å². The Hall–Kier alpha value is -0.450. The zero-order chi connectivity index (χ0) is 11.5. The Morgan fingerprint density at radius 3 is 3.06 bits per heavy atom. The third-order valence-corrected chi connectivity index (χ3v) is 4.28. The lowest BCUT2D eigenvalue weighted by Gasteiger charge is -2.37. The normalized spacial score (nSPS) is 27.2. The SMILES string of the molecule is CCc1ncc(CN2CC(C)NCC2C)s1. The van der Waals surface area contributed by atoms with Gasteiger partial charge < -0.3 is 5.32 Å². The van der Waals surface area contributed by atoms with Crippen LogP contribution in [-0.4, -0.2) is 35.1 Å². The van der Waals surface area contributed by atoms with Crippen LogP contribution < -0.4 is 5.32 Å². The molecule has 3 nitrogen and oxygen atoms in total. The zero-order valence-corrected chi connectivity index (χ0v) is 11.2. The van der Waals surface area contributed by atoms with Crippen LogP contribution >= 0.6 is 11.3 Å². The molecule has 0 amide bonds. The zero-order valence-electron chi connectivity index (χ0n) is 10.4. The molecule has 0 saturated carbocycles. The first-order valence-corrected chi connectivity index (χ1v) is 6.91. The summed E-state index contributed by atoms with van der Waals surface area (Å²) < 4.78 is 0. The molecule has 16 heavy (non-hydrogen) atoms. The summed E-state index contributed by atoms with van der Waals surface area (Å²) in [5.74, 6) is 0. The highest BCUT2D eigenvalue weighted by atomic mass is 32.1. The highest BCUT2D eigenvalue weighted by molar-refractivity contribution is 7.11. The summed E-state index contributed by atoms with van der Waals surface area (Å²) >= 11 is 1.86. The van der Waals surface area contributed by atoms with E-state index in [4.69, 9.17) is 0 Å². The van der Waals surface area contributed by atoms with Gasteiger partial charge in [-0.25, -0.2) is 4.98 Å². The molecule has 1 fully saturated rings. The number of hydrogen-bond donors (Lipinski definition) is 1. The molecule has 2 heterocycles. The molecule has 1 aliphatic rings. The molecule has 1 N–H and O–H groups in total. The maximum atomic E-state index is 4.42. The van der Waals surface area contributed by atoms with Crippen molar-refractivity contribution in [3.8, 4) is 0 Å². The molecule has 1 aliphatic heterocycles. The summed E-state index contributed by atoms with van der Waals surface area (Å²) in [7, 11) is 0. The minimum absolute atomic E-state index is 0.606. The van der Waals surface area contributed by atoms with Gasteiger partial charge in [0, 0.05) is 42.8 Å². The Bertz CT molecular complexity index is 337. The van der Waals surface area contributed by atoms with Crippen LogP contribution in [-0.2, 0) is 13.0 Å². The van der Waals surface area contributed by atoms with Crippen LogP contribution in [0.2, 0.25) is 0 Å². The van der Waals surface area contributed by atoms with Crippen LogP contribution in [0, 0.1) is 0 Å². The average molecular weight is 239 g/mol. The summed E-state index contributed by atoms with van der Waals surface area (Å²) in [4.78, 5) is 8.37. The quantitative estimate of drug-likeness (QED) is 0.873. The second-order valence-electron chi connectivity index (χ2n) is 4.66. The van der Waals surface area contributed by atoms with E-state index in [1.807, 2.05) is 17.5 Å². The minimum Gasteiger partial charge on any atom is -0.311 e. The predicted molar refractivity (Wildman–Crippen MR) is 68.8 cm³/mol. The van der Waals surface area contributed by atoms with Gasteiger partial charge in [0.1, 0.15) is 0 Å². The Morgan fingerprint density at radius 2 is 2.38 bits per heavy atom. The van der Waals surface area contributed by atoms with Crippen LogP contribution in [0.25, 0.3) is 0 Å². The van der Waals surface area contributed by atoms with Gasteiger partial charge in [-0.1, -0.05) is 6.92 Å². The number of piperazine rings is 1. The Morgan fingerprint density at radius 1 is 1.56 bits per heavy atom. The Kier molecular flexibility index (Phi) is 3.95. The van der Waals surface area contributed by atoms with Crippen molar-refractivity contribution >= 4 is 11.3 Å². The van der Waals surface area contributed by atoms with Crippen molar-refractivity contribution in [3.05, 3.63) is 16.1 Å². The van der Waals surface area contributed by atoms with Gasteiger partial charge in [0.15, 0.2) is 0 Å². The van der Waals surface area contributed by atoms with E-state index in [0.717, 1.165) is 26.1 Å². The van der Waals surface area contributed by atoms with Crippen molar-refractivity contribution in [1.29, 1.82) is 0 Å². The van der Waals surface area contributed by atoms with Crippen molar-refractivity contribution in [2.75, 3.05) is 13.1 Å². The second kappa shape index (κ2) is 5.25. The van der Waals surface area contributed by atoms with Gasteiger partial charge in [-0.3, -0.25) is 4.90 Å². The second-order valence-corrected chi connectivity index (χ2v) is 5.86. The van der Waals surface area contributed by atoms with Gasteiger partial charge >= 0.3 is 0 Å². The molecule has 2 atom stereocenters. The highest BCUT2D eigenvalue weighted by Gasteiger charge is 2.22. The molecule has 0 aromatic carbocycles. The van der Waals surface area contributed by atoms with Gasteiger partial charge in [-0.15, -0.1) is 11.3 Å². The number of aryl methyl sites for hydroxylation is 1. The smallest absolute Gasteiger partial charge is 0.0925 e. The first-order chi connectivity index (χ1) is 7.69. The first-order valence-electron chi connectivity index (χ1n) is 6.10. The lowest BCUT2D eigenvalue weighted by Crippen LogP contribution is -2.53. The summed E-state index contributed by atoms with van der Waals surface area (Å²) in [6, 6.07) is 1.23. The highest BCUT2D eigenvalue weighted by Crippen LogP contribution is 2.18. The molecule has 1 aromatic heterocycles. The summed E-state index contributed by atoms with van der Waals surface area (Å²) in [5, 5.41) is 4.77. The first kappa shape index (κ1) is 12.0. The molecule has 1 saturated heterocycles. The minimum atomic E-state index is 0.606. The van der Waals surface area contributed by atoms with Gasteiger partial charge in [-0.2, -0.15) is 0 Å². The lowest BCUT2D eigenvalue weighted by atomic mass is 10.1. The molecule has 0 aliphatic carbocycles. The van der Waals surface area contributed by atoms with E-state index in [1.165, 1.54) is 9.88 Å². The van der Waals surface area contributed by atoms with E-state index in [9.17, 15) is 0 Å². The number of thiazole rings is 1. The van der Waals surface area contributed by atoms with Crippen LogP contribution in [0.15, 0.2) is 6.20 Å². The molecule has 1 aromatic rings. The third kappa shape index (κ3) is 2.81. The molecular weight excluding hydrogens is 218 g/mol. The molecule has 0 spiro atoms. The van der Waals surface area contributed by atoms with Crippen LogP contribution in [0.1, 0.15) is 30.7 Å². The van der Waals surface area contributed by atoms with Crippen molar-refractivity contribution in [1.82, 2.24) is 15.2 Å². The number of aromatic nitrogens is 1. The van der Waals surface area contributed by atoms with Gasteiger partial charge in [0.2, 0.25) is 0 Å². The van der Waals surface area contributed by atoms with Crippen LogP contribution in [0.3, 0.4) is 0 Å². The number of rotatable bonds is 3. The van der Waals surface area contributed by atoms with Crippen molar-refractivity contribution < 1.29 is 0 Å². The van der Waals surface area contributed by atoms with E-state index in [-0.39, 0.29) is 0 Å². The molecule has 2 rings (SSSR count). The maximum absolute atomic E-state index is 4.42. The van der Waals surface area contributed by atoms with Crippen molar-refractivity contribution in [2.24, 2.45) is 0 Å². The monoisotopic (exact) mass is 239 g/mol. The fourth-order valence-electron chi connectivity index (χ4n) is 2.10. The molecule has 2 unspecified atom stereocenters. The summed E-state index contributed by atoms with van der Waals surface area (Å²) in [6.45, 7) is 10.0. The number of nitrogens with zero attached hydrogens (tertiary/aromatic N) is 2. The summed E-state index contributed by atoms with van der Waals surface area (Å²) in [6.07, 6.45) is 3.10. The topological polar surface area (TPSA) is 28.2 Å². The molecular formula is C12H21N3S. The van der Waals surface area contributed by atoms with Gasteiger partial charge in [0.25, 0.3) is 0 Å². The van der Waals surface area contributed by atoms with E-state index in [2.05, 4.69) is 36.0 Å². The number of hydrogen-bond acceptors (Lipinski definition) is 4. The van der Waals surface area contributed by atoms with Crippen molar-refractivity contribution in [3.63, 3.8) is 0 Å². The van der Waals surface area contributed by atoms with Crippen molar-refractivity contribution in [2.45, 2.75) is 45.8 Å². The summed E-state index contributed by atoms with van der Waals surface area (Å²) in [5.41, 5.74) is 0. The third-order valence-electron chi connectivity index (χ3n) is 3.16. The molecule has 0 radical (unpaired) electrons. The Labute approximate surface area is 102 Å². The standard InChI is InChI=1S/C12H21N3S/c1-4-12-14-6-11(16-12)8-15-7-9(2)13-5-10(15)3/h6,9-10,13H,4-5,7-8H2,1-3H3. The van der Waals surface area contributed by atoms with E-state index in [1.54, 1.807) is 0 Å². The lowest BCUT2D eigenvalue weighted by molar-refractivity contribution is 0.140. The van der Waals surface area contributed by atoms with Gasteiger partial charge in [0.05, 0.1) is 5.01 Å². The maximum Gasteiger partial charge on any atom is 0.0925 e.